The summed E-state index contributed by atoms with van der Waals surface area (Å²) in [7, 11) is 1.21. The fraction of sp³-hybridized carbons (Fsp3) is 0.286. The topological polar surface area (TPSA) is 105 Å². The molecule has 0 unspecified atom stereocenters. The third kappa shape index (κ3) is 2.91. The summed E-state index contributed by atoms with van der Waals surface area (Å²) >= 11 is 0. The van der Waals surface area contributed by atoms with E-state index in [1.165, 1.54) is 26.2 Å². The average Bonchev–Trinajstić information content (AvgIpc) is 2.84. The molecule has 7 heteroatoms. The molecule has 1 aliphatic rings. The van der Waals surface area contributed by atoms with Crippen molar-refractivity contribution in [3.8, 4) is 0 Å². The van der Waals surface area contributed by atoms with Crippen LogP contribution in [0.4, 0.5) is 0 Å². The molecule has 0 spiro atoms. The fourth-order valence-electron chi connectivity index (χ4n) is 2.20. The number of ketones is 2. The lowest BCUT2D eigenvalue weighted by molar-refractivity contribution is -0.144. The van der Waals surface area contributed by atoms with Gasteiger partial charge in [-0.25, -0.2) is 4.79 Å². The Bertz CT molecular complexity index is 656. The number of Topliss-reactive ketones (excluding diaryl/α,β-unsaturated/α-hetero) is 1. The molecular formula is C14H14N2O5. The van der Waals surface area contributed by atoms with Crippen molar-refractivity contribution in [1.29, 1.82) is 0 Å². The molecule has 1 amide bonds. The van der Waals surface area contributed by atoms with Crippen LogP contribution in [-0.4, -0.2) is 41.6 Å². The molecule has 0 saturated heterocycles. The predicted octanol–water partition coefficient (Wildman–Crippen LogP) is 0.0135. The quantitative estimate of drug-likeness (QED) is 0.600. The third-order valence-electron chi connectivity index (χ3n) is 3.13. The standard InChI is InChI=1S/C14H14N2O5/c1-7(17)16-10(14(20)21-2)5-8-6-15-9-3-4-11(18)13(19)12(8)9/h3-4,6,10,15H,5H2,1-2H3,(H,16,17)/t10-/m1/s1. The Morgan fingerprint density at radius 3 is 2.67 bits per heavy atom. The number of aromatic amines is 1. The summed E-state index contributed by atoms with van der Waals surface area (Å²) in [6.45, 7) is 1.28. The molecule has 1 aliphatic carbocycles. The highest BCUT2D eigenvalue weighted by Crippen LogP contribution is 2.22. The zero-order chi connectivity index (χ0) is 15.6. The van der Waals surface area contributed by atoms with Crippen molar-refractivity contribution in [3.63, 3.8) is 0 Å². The Balaban J connectivity index is 2.31. The van der Waals surface area contributed by atoms with Crippen molar-refractivity contribution in [2.45, 2.75) is 19.4 Å². The number of ether oxygens (including phenoxy) is 1. The van der Waals surface area contributed by atoms with Crippen LogP contribution in [0.15, 0.2) is 12.3 Å². The largest absolute Gasteiger partial charge is 0.467 e. The minimum atomic E-state index is -0.916. The number of amides is 1. The smallest absolute Gasteiger partial charge is 0.328 e. The highest BCUT2D eigenvalue weighted by Gasteiger charge is 2.29. The molecule has 0 aliphatic heterocycles. The van der Waals surface area contributed by atoms with Gasteiger partial charge in [0.15, 0.2) is 0 Å². The van der Waals surface area contributed by atoms with Gasteiger partial charge in [0, 0.05) is 25.2 Å². The highest BCUT2D eigenvalue weighted by atomic mass is 16.5. The molecule has 2 N–H and O–H groups in total. The number of hydrogen-bond acceptors (Lipinski definition) is 5. The molecule has 1 aromatic heterocycles. The van der Waals surface area contributed by atoms with Gasteiger partial charge in [-0.1, -0.05) is 0 Å². The zero-order valence-electron chi connectivity index (χ0n) is 11.6. The second kappa shape index (κ2) is 5.74. The van der Waals surface area contributed by atoms with Crippen LogP contribution in [0.25, 0.3) is 6.08 Å². The van der Waals surface area contributed by atoms with Crippen LogP contribution in [-0.2, 0) is 25.5 Å². The lowest BCUT2D eigenvalue weighted by Gasteiger charge is -2.15. The number of fused-ring (bicyclic) bond motifs is 1. The molecule has 1 atom stereocenters. The summed E-state index contributed by atoms with van der Waals surface area (Å²) in [6, 6.07) is -0.916. The Hall–Kier alpha value is -2.70. The summed E-state index contributed by atoms with van der Waals surface area (Å²) in [6.07, 6.45) is 4.30. The van der Waals surface area contributed by atoms with Crippen molar-refractivity contribution in [2.75, 3.05) is 7.11 Å². The van der Waals surface area contributed by atoms with Crippen LogP contribution < -0.4 is 5.32 Å². The monoisotopic (exact) mass is 290 g/mol. The molecule has 0 radical (unpaired) electrons. The molecule has 1 heterocycles. The lowest BCUT2D eigenvalue weighted by Crippen LogP contribution is -2.42. The Kier molecular flexibility index (Phi) is 4.02. The first-order chi connectivity index (χ1) is 9.93. The SMILES string of the molecule is COC(=O)[C@@H](Cc1c[nH]c2c1C(=O)C(=O)C=C2)NC(C)=O. The van der Waals surface area contributed by atoms with E-state index in [1.54, 1.807) is 6.20 Å². The molecule has 0 saturated carbocycles. The van der Waals surface area contributed by atoms with E-state index >= 15 is 0 Å². The molecule has 7 nitrogen and oxygen atoms in total. The van der Waals surface area contributed by atoms with Crippen LogP contribution in [0.3, 0.4) is 0 Å². The van der Waals surface area contributed by atoms with Gasteiger partial charge in [0.25, 0.3) is 0 Å². The van der Waals surface area contributed by atoms with E-state index in [9.17, 15) is 19.2 Å². The highest BCUT2D eigenvalue weighted by molar-refractivity contribution is 6.50. The van der Waals surface area contributed by atoms with Crippen molar-refractivity contribution in [2.24, 2.45) is 0 Å². The number of rotatable bonds is 4. The average molecular weight is 290 g/mol. The van der Waals surface area contributed by atoms with E-state index in [1.807, 2.05) is 0 Å². The third-order valence-corrected chi connectivity index (χ3v) is 3.13. The number of carbonyl (C=O) groups is 4. The van der Waals surface area contributed by atoms with Crippen LogP contribution in [0, 0.1) is 0 Å². The van der Waals surface area contributed by atoms with Gasteiger partial charge in [0.2, 0.25) is 17.5 Å². The van der Waals surface area contributed by atoms with Crippen LogP contribution >= 0.6 is 0 Å². The van der Waals surface area contributed by atoms with Gasteiger partial charge in [0.05, 0.1) is 12.7 Å². The minimum Gasteiger partial charge on any atom is -0.467 e. The van der Waals surface area contributed by atoms with E-state index < -0.39 is 29.5 Å². The molecule has 0 fully saturated rings. The molecule has 1 aromatic rings. The van der Waals surface area contributed by atoms with Gasteiger partial charge in [-0.2, -0.15) is 0 Å². The molecule has 0 bridgehead atoms. The maximum atomic E-state index is 11.9. The van der Waals surface area contributed by atoms with E-state index in [4.69, 9.17) is 0 Å². The maximum Gasteiger partial charge on any atom is 0.328 e. The van der Waals surface area contributed by atoms with E-state index in [0.717, 1.165) is 0 Å². The lowest BCUT2D eigenvalue weighted by atomic mass is 9.94. The Morgan fingerprint density at radius 1 is 1.33 bits per heavy atom. The summed E-state index contributed by atoms with van der Waals surface area (Å²) in [4.78, 5) is 49.1. The van der Waals surface area contributed by atoms with Crippen molar-refractivity contribution in [3.05, 3.63) is 29.1 Å². The Morgan fingerprint density at radius 2 is 2.05 bits per heavy atom. The number of nitrogens with one attached hydrogen (secondary N) is 2. The van der Waals surface area contributed by atoms with Crippen LogP contribution in [0.1, 0.15) is 28.5 Å². The summed E-state index contributed by atoms with van der Waals surface area (Å²) in [5.74, 6) is -2.25. The molecule has 0 aromatic carbocycles. The number of aromatic nitrogens is 1. The fourth-order valence-corrected chi connectivity index (χ4v) is 2.20. The van der Waals surface area contributed by atoms with Gasteiger partial charge >= 0.3 is 5.97 Å². The second-order valence-electron chi connectivity index (χ2n) is 4.61. The normalized spacial score (nSPS) is 14.6. The molecule has 110 valence electrons. The van der Waals surface area contributed by atoms with Crippen molar-refractivity contribution >= 4 is 29.5 Å². The number of hydrogen-bond donors (Lipinski definition) is 2. The van der Waals surface area contributed by atoms with Crippen molar-refractivity contribution < 1.29 is 23.9 Å². The first-order valence-electron chi connectivity index (χ1n) is 6.26. The number of esters is 1. The summed E-state index contributed by atoms with van der Waals surface area (Å²) < 4.78 is 4.62. The predicted molar refractivity (Wildman–Crippen MR) is 72.5 cm³/mol. The first kappa shape index (κ1) is 14.7. The summed E-state index contributed by atoms with van der Waals surface area (Å²) in [5, 5.41) is 2.46. The van der Waals surface area contributed by atoms with Crippen molar-refractivity contribution in [1.82, 2.24) is 10.3 Å². The van der Waals surface area contributed by atoms with Gasteiger partial charge in [0.1, 0.15) is 6.04 Å². The summed E-state index contributed by atoms with van der Waals surface area (Å²) in [5.41, 5.74) is 1.24. The maximum absolute atomic E-state index is 11.9. The van der Waals surface area contributed by atoms with Gasteiger partial charge < -0.3 is 15.0 Å². The zero-order valence-corrected chi connectivity index (χ0v) is 11.6. The molecular weight excluding hydrogens is 276 g/mol. The second-order valence-corrected chi connectivity index (χ2v) is 4.61. The number of methoxy groups -OCH3 is 1. The van der Waals surface area contributed by atoms with E-state index in [2.05, 4.69) is 15.0 Å². The number of carbonyl (C=O) groups excluding carboxylic acids is 4. The van der Waals surface area contributed by atoms with E-state index in [-0.39, 0.29) is 12.0 Å². The van der Waals surface area contributed by atoms with Gasteiger partial charge in [-0.3, -0.25) is 14.4 Å². The number of H-pyrrole nitrogens is 1. The van der Waals surface area contributed by atoms with Crippen LogP contribution in [0.5, 0.6) is 0 Å². The first-order valence-corrected chi connectivity index (χ1v) is 6.26. The van der Waals surface area contributed by atoms with Gasteiger partial charge in [-0.15, -0.1) is 0 Å². The van der Waals surface area contributed by atoms with Crippen LogP contribution in [0.2, 0.25) is 0 Å². The minimum absolute atomic E-state index is 0.0605. The Labute approximate surface area is 120 Å². The number of allylic oxidation sites excluding steroid dienone is 1. The van der Waals surface area contributed by atoms with Gasteiger partial charge in [-0.05, 0) is 17.7 Å². The molecule has 2 rings (SSSR count). The van der Waals surface area contributed by atoms with E-state index in [0.29, 0.717) is 11.3 Å². The molecule has 21 heavy (non-hydrogen) atoms.